The van der Waals surface area contributed by atoms with Crippen LogP contribution < -0.4 is 10.6 Å². The summed E-state index contributed by atoms with van der Waals surface area (Å²) in [4.78, 5) is 16.4. The number of aromatic nitrogens is 2. The summed E-state index contributed by atoms with van der Waals surface area (Å²) in [5, 5.41) is 6.47. The molecule has 2 rings (SSSR count). The van der Waals surface area contributed by atoms with Crippen molar-refractivity contribution in [2.24, 2.45) is 0 Å². The van der Waals surface area contributed by atoms with Gasteiger partial charge in [0.25, 0.3) is 5.91 Å². The first kappa shape index (κ1) is 13.5. The van der Waals surface area contributed by atoms with E-state index in [1.807, 2.05) is 32.0 Å². The van der Waals surface area contributed by atoms with Crippen LogP contribution in [0.2, 0.25) is 0 Å². The zero-order chi connectivity index (χ0) is 13.8. The van der Waals surface area contributed by atoms with Gasteiger partial charge in [0.05, 0.1) is 5.56 Å². The minimum atomic E-state index is -0.171. The Kier molecular flexibility index (Phi) is 4.11. The van der Waals surface area contributed by atoms with Gasteiger partial charge in [0, 0.05) is 23.8 Å². The number of carbonyl (C=O) groups is 1. The van der Waals surface area contributed by atoms with Crippen molar-refractivity contribution in [3.05, 3.63) is 35.2 Å². The first-order valence-electron chi connectivity index (χ1n) is 6.06. The average Bonchev–Trinajstić information content (AvgIpc) is 2.77. The standard InChI is InChI=1S/C13H16N4OS/c1-4-14-11-6-5-8(2)7-10(11)12(18)16-13-15-9(3)17-19-13/h5-7,14H,4H2,1-3H3,(H,15,16,17,18). The molecular formula is C13H16N4OS. The van der Waals surface area contributed by atoms with E-state index in [4.69, 9.17) is 0 Å². The van der Waals surface area contributed by atoms with Gasteiger partial charge in [-0.1, -0.05) is 11.6 Å². The lowest BCUT2D eigenvalue weighted by atomic mass is 10.1. The van der Waals surface area contributed by atoms with Crippen LogP contribution in [0.3, 0.4) is 0 Å². The largest absolute Gasteiger partial charge is 0.385 e. The lowest BCUT2D eigenvalue weighted by Crippen LogP contribution is -2.15. The van der Waals surface area contributed by atoms with Gasteiger partial charge in [-0.15, -0.1) is 0 Å². The molecule has 100 valence electrons. The molecule has 1 heterocycles. The van der Waals surface area contributed by atoms with E-state index >= 15 is 0 Å². The van der Waals surface area contributed by atoms with Crippen LogP contribution in [0.5, 0.6) is 0 Å². The van der Waals surface area contributed by atoms with Gasteiger partial charge in [-0.05, 0) is 32.9 Å². The molecule has 0 spiro atoms. The third-order valence-electron chi connectivity index (χ3n) is 2.53. The van der Waals surface area contributed by atoms with Gasteiger partial charge in [-0.3, -0.25) is 10.1 Å². The van der Waals surface area contributed by atoms with Crippen molar-refractivity contribution in [1.82, 2.24) is 9.36 Å². The molecule has 0 saturated heterocycles. The predicted octanol–water partition coefficient (Wildman–Crippen LogP) is 2.84. The lowest BCUT2D eigenvalue weighted by Gasteiger charge is -2.10. The Labute approximate surface area is 116 Å². The van der Waals surface area contributed by atoms with E-state index in [0.29, 0.717) is 16.5 Å². The number of rotatable bonds is 4. The SMILES string of the molecule is CCNc1ccc(C)cc1C(=O)Nc1nc(C)ns1. The molecule has 2 N–H and O–H groups in total. The smallest absolute Gasteiger partial charge is 0.259 e. The molecule has 5 nitrogen and oxygen atoms in total. The highest BCUT2D eigenvalue weighted by Gasteiger charge is 2.13. The maximum Gasteiger partial charge on any atom is 0.259 e. The van der Waals surface area contributed by atoms with Crippen LogP contribution in [0.15, 0.2) is 18.2 Å². The first-order chi connectivity index (χ1) is 9.10. The Morgan fingerprint density at radius 3 is 2.79 bits per heavy atom. The second-order valence-corrected chi connectivity index (χ2v) is 4.93. The highest BCUT2D eigenvalue weighted by molar-refractivity contribution is 7.09. The van der Waals surface area contributed by atoms with Crippen LogP contribution >= 0.6 is 11.5 Å². The number of aryl methyl sites for hydroxylation is 2. The number of hydrogen-bond donors (Lipinski definition) is 2. The lowest BCUT2D eigenvalue weighted by molar-refractivity contribution is 0.102. The molecule has 0 atom stereocenters. The Hall–Kier alpha value is -1.95. The molecule has 1 aromatic heterocycles. The Balaban J connectivity index is 2.24. The van der Waals surface area contributed by atoms with Crippen molar-refractivity contribution in [3.8, 4) is 0 Å². The second kappa shape index (κ2) is 5.79. The molecule has 6 heteroatoms. The third kappa shape index (κ3) is 3.29. The van der Waals surface area contributed by atoms with Gasteiger partial charge in [0.2, 0.25) is 5.13 Å². The van der Waals surface area contributed by atoms with Crippen LogP contribution in [0.1, 0.15) is 28.7 Å². The van der Waals surface area contributed by atoms with Crippen molar-refractivity contribution in [3.63, 3.8) is 0 Å². The summed E-state index contributed by atoms with van der Waals surface area (Å²) in [6.45, 7) is 6.52. The van der Waals surface area contributed by atoms with Crippen LogP contribution in [-0.2, 0) is 0 Å². The molecule has 0 aliphatic carbocycles. The molecule has 0 radical (unpaired) electrons. The highest BCUT2D eigenvalue weighted by Crippen LogP contribution is 2.19. The fourth-order valence-electron chi connectivity index (χ4n) is 1.70. The minimum Gasteiger partial charge on any atom is -0.385 e. The molecule has 0 aliphatic heterocycles. The summed E-state index contributed by atoms with van der Waals surface area (Å²) < 4.78 is 4.04. The Morgan fingerprint density at radius 1 is 1.37 bits per heavy atom. The summed E-state index contributed by atoms with van der Waals surface area (Å²) in [6, 6.07) is 5.75. The fraction of sp³-hybridized carbons (Fsp3) is 0.308. The van der Waals surface area contributed by atoms with E-state index in [0.717, 1.165) is 17.8 Å². The van der Waals surface area contributed by atoms with Gasteiger partial charge in [0.1, 0.15) is 5.82 Å². The van der Waals surface area contributed by atoms with E-state index in [2.05, 4.69) is 20.0 Å². The molecule has 19 heavy (non-hydrogen) atoms. The maximum absolute atomic E-state index is 12.3. The zero-order valence-electron chi connectivity index (χ0n) is 11.2. The van der Waals surface area contributed by atoms with E-state index < -0.39 is 0 Å². The van der Waals surface area contributed by atoms with Crippen molar-refractivity contribution in [2.45, 2.75) is 20.8 Å². The van der Waals surface area contributed by atoms with E-state index in [-0.39, 0.29) is 5.91 Å². The van der Waals surface area contributed by atoms with Crippen molar-refractivity contribution in [1.29, 1.82) is 0 Å². The number of amides is 1. The molecule has 1 aromatic carbocycles. The summed E-state index contributed by atoms with van der Waals surface area (Å²) >= 11 is 1.18. The number of nitrogens with zero attached hydrogens (tertiary/aromatic N) is 2. The zero-order valence-corrected chi connectivity index (χ0v) is 12.0. The van der Waals surface area contributed by atoms with Crippen molar-refractivity contribution >= 4 is 28.3 Å². The van der Waals surface area contributed by atoms with Gasteiger partial charge >= 0.3 is 0 Å². The van der Waals surface area contributed by atoms with E-state index in [9.17, 15) is 4.79 Å². The van der Waals surface area contributed by atoms with Crippen molar-refractivity contribution < 1.29 is 4.79 Å². The molecule has 2 aromatic rings. The minimum absolute atomic E-state index is 0.171. The number of benzene rings is 1. The molecular weight excluding hydrogens is 260 g/mol. The Bertz CT molecular complexity index is 594. The van der Waals surface area contributed by atoms with Gasteiger partial charge in [0.15, 0.2) is 0 Å². The summed E-state index contributed by atoms with van der Waals surface area (Å²) in [6.07, 6.45) is 0. The Morgan fingerprint density at radius 2 is 2.16 bits per heavy atom. The first-order valence-corrected chi connectivity index (χ1v) is 6.83. The van der Waals surface area contributed by atoms with Crippen LogP contribution in [-0.4, -0.2) is 21.8 Å². The number of carbonyl (C=O) groups excluding carboxylic acids is 1. The van der Waals surface area contributed by atoms with Crippen LogP contribution in [0.4, 0.5) is 10.8 Å². The molecule has 0 fully saturated rings. The topological polar surface area (TPSA) is 66.9 Å². The maximum atomic E-state index is 12.3. The normalized spacial score (nSPS) is 10.3. The number of nitrogens with one attached hydrogen (secondary N) is 2. The molecule has 1 amide bonds. The monoisotopic (exact) mass is 276 g/mol. The summed E-state index contributed by atoms with van der Waals surface area (Å²) in [7, 11) is 0. The summed E-state index contributed by atoms with van der Waals surface area (Å²) in [5.74, 6) is 0.493. The second-order valence-electron chi connectivity index (χ2n) is 4.18. The van der Waals surface area contributed by atoms with E-state index in [1.54, 1.807) is 6.92 Å². The number of anilines is 2. The predicted molar refractivity (Wildman–Crippen MR) is 77.9 cm³/mol. The van der Waals surface area contributed by atoms with Crippen molar-refractivity contribution in [2.75, 3.05) is 17.2 Å². The molecule has 0 bridgehead atoms. The van der Waals surface area contributed by atoms with Gasteiger partial charge in [-0.2, -0.15) is 4.37 Å². The van der Waals surface area contributed by atoms with Gasteiger partial charge < -0.3 is 5.32 Å². The fourth-order valence-corrected chi connectivity index (χ4v) is 2.27. The highest BCUT2D eigenvalue weighted by atomic mass is 32.1. The quantitative estimate of drug-likeness (QED) is 0.901. The molecule has 0 unspecified atom stereocenters. The van der Waals surface area contributed by atoms with Crippen LogP contribution in [0, 0.1) is 13.8 Å². The van der Waals surface area contributed by atoms with Gasteiger partial charge in [-0.25, -0.2) is 4.98 Å². The molecule has 0 saturated carbocycles. The number of hydrogen-bond acceptors (Lipinski definition) is 5. The third-order valence-corrected chi connectivity index (χ3v) is 3.26. The van der Waals surface area contributed by atoms with E-state index in [1.165, 1.54) is 11.5 Å². The average molecular weight is 276 g/mol. The van der Waals surface area contributed by atoms with Crippen LogP contribution in [0.25, 0.3) is 0 Å². The summed E-state index contributed by atoms with van der Waals surface area (Å²) in [5.41, 5.74) is 2.49. The molecule has 0 aliphatic rings.